The molecule has 1 aliphatic rings. The first-order valence-electron chi connectivity index (χ1n) is 3.59. The van der Waals surface area contributed by atoms with E-state index >= 15 is 0 Å². The van der Waals surface area contributed by atoms with Crippen molar-refractivity contribution in [2.24, 2.45) is 0 Å². The van der Waals surface area contributed by atoms with Crippen LogP contribution < -0.4 is 10.8 Å². The molecule has 1 saturated heterocycles. The van der Waals surface area contributed by atoms with Crippen molar-refractivity contribution < 1.29 is 10.0 Å². The first kappa shape index (κ1) is 8.83. The van der Waals surface area contributed by atoms with Crippen LogP contribution in [0, 0.1) is 0 Å². The Morgan fingerprint density at radius 1 is 1.91 bits per heavy atom. The quantitative estimate of drug-likeness (QED) is 0.407. The molecule has 11 heavy (non-hydrogen) atoms. The summed E-state index contributed by atoms with van der Waals surface area (Å²) in [7, 11) is 0. The normalized spacial score (nSPS) is 30.4. The minimum absolute atomic E-state index is 0.227. The summed E-state index contributed by atoms with van der Waals surface area (Å²) < 4.78 is 0. The van der Waals surface area contributed by atoms with Gasteiger partial charge in [0, 0.05) is 5.75 Å². The Labute approximate surface area is 69.7 Å². The molecule has 0 aromatic rings. The van der Waals surface area contributed by atoms with Gasteiger partial charge in [-0.2, -0.15) is 0 Å². The number of hydroxylamine groups is 1. The van der Waals surface area contributed by atoms with Crippen LogP contribution in [0.3, 0.4) is 0 Å². The van der Waals surface area contributed by atoms with Crippen LogP contribution in [0.4, 0.5) is 0 Å². The van der Waals surface area contributed by atoms with E-state index < -0.39 is 0 Å². The summed E-state index contributed by atoms with van der Waals surface area (Å²) in [6.45, 7) is 2.06. The largest absolute Gasteiger partial charge is 0.293 e. The highest BCUT2D eigenvalue weighted by molar-refractivity contribution is 8.00. The summed E-state index contributed by atoms with van der Waals surface area (Å²) in [4.78, 5) is 10.8. The van der Waals surface area contributed by atoms with Gasteiger partial charge in [-0.3, -0.25) is 15.3 Å². The van der Waals surface area contributed by atoms with E-state index in [4.69, 9.17) is 5.21 Å². The fourth-order valence-electron chi connectivity index (χ4n) is 0.998. The molecule has 0 spiro atoms. The molecule has 5 heteroatoms. The molecular formula is C6H12N2O2S. The van der Waals surface area contributed by atoms with E-state index in [1.807, 2.05) is 0 Å². The maximum atomic E-state index is 10.8. The number of nitrogens with one attached hydrogen (secondary N) is 2. The van der Waals surface area contributed by atoms with Crippen LogP contribution in [0.2, 0.25) is 0 Å². The van der Waals surface area contributed by atoms with E-state index in [0.717, 1.165) is 12.2 Å². The standard InChI is InChI=1S/C6H12N2O2S/c1-2-5-7-4(3-11-5)6(9)8-10/h4-5,7,10H,2-3H2,1H3,(H,8,9)/t4-,5?/m1/s1. The van der Waals surface area contributed by atoms with Crippen LogP contribution in [0.5, 0.6) is 0 Å². The molecular weight excluding hydrogens is 164 g/mol. The Kier molecular flexibility index (Phi) is 3.16. The van der Waals surface area contributed by atoms with Crippen molar-refractivity contribution >= 4 is 17.7 Å². The van der Waals surface area contributed by atoms with Crippen LogP contribution >= 0.6 is 11.8 Å². The molecule has 1 unspecified atom stereocenters. The molecule has 0 aromatic heterocycles. The third-order valence-corrected chi connectivity index (χ3v) is 3.05. The first-order valence-corrected chi connectivity index (χ1v) is 4.64. The lowest BCUT2D eigenvalue weighted by Crippen LogP contribution is -2.42. The van der Waals surface area contributed by atoms with Crippen molar-refractivity contribution in [2.45, 2.75) is 24.8 Å². The fraction of sp³-hybridized carbons (Fsp3) is 0.833. The number of carbonyl (C=O) groups excluding carboxylic acids is 1. The summed E-state index contributed by atoms with van der Waals surface area (Å²) in [5.41, 5.74) is 1.64. The maximum absolute atomic E-state index is 10.8. The van der Waals surface area contributed by atoms with Gasteiger partial charge in [0.1, 0.15) is 0 Å². The summed E-state index contributed by atoms with van der Waals surface area (Å²) in [5, 5.41) is 11.7. The smallest absolute Gasteiger partial charge is 0.261 e. The Balaban J connectivity index is 2.35. The lowest BCUT2D eigenvalue weighted by molar-refractivity contribution is -0.130. The number of thioether (sulfide) groups is 1. The zero-order chi connectivity index (χ0) is 8.27. The number of rotatable bonds is 2. The van der Waals surface area contributed by atoms with Crippen LogP contribution in [0.25, 0.3) is 0 Å². The monoisotopic (exact) mass is 176 g/mol. The summed E-state index contributed by atoms with van der Waals surface area (Å²) >= 11 is 1.71. The number of hydrogen-bond acceptors (Lipinski definition) is 4. The van der Waals surface area contributed by atoms with Crippen molar-refractivity contribution in [3.8, 4) is 0 Å². The van der Waals surface area contributed by atoms with Gasteiger partial charge in [0.2, 0.25) is 0 Å². The minimum Gasteiger partial charge on any atom is -0.293 e. The van der Waals surface area contributed by atoms with E-state index in [1.165, 1.54) is 0 Å². The highest BCUT2D eigenvalue weighted by atomic mass is 32.2. The van der Waals surface area contributed by atoms with Crippen LogP contribution in [-0.2, 0) is 4.79 Å². The van der Waals surface area contributed by atoms with Gasteiger partial charge in [-0.15, -0.1) is 11.8 Å². The molecule has 0 bridgehead atoms. The van der Waals surface area contributed by atoms with E-state index in [9.17, 15) is 4.79 Å². The predicted molar refractivity (Wildman–Crippen MR) is 43.4 cm³/mol. The summed E-state index contributed by atoms with van der Waals surface area (Å²) in [6, 6.07) is -0.227. The molecule has 1 rings (SSSR count). The minimum atomic E-state index is -0.339. The van der Waals surface area contributed by atoms with Crippen molar-refractivity contribution in [2.75, 3.05) is 5.75 Å². The molecule has 64 valence electrons. The zero-order valence-corrected chi connectivity index (χ0v) is 7.15. The van der Waals surface area contributed by atoms with Crippen molar-refractivity contribution in [1.82, 2.24) is 10.8 Å². The van der Waals surface area contributed by atoms with Gasteiger partial charge in [-0.1, -0.05) is 6.92 Å². The molecule has 2 atom stereocenters. The number of amides is 1. The van der Waals surface area contributed by atoms with Gasteiger partial charge in [-0.05, 0) is 6.42 Å². The Morgan fingerprint density at radius 3 is 3.09 bits per heavy atom. The van der Waals surface area contributed by atoms with E-state index in [0.29, 0.717) is 5.37 Å². The molecule has 1 heterocycles. The van der Waals surface area contributed by atoms with Crippen molar-refractivity contribution in [3.05, 3.63) is 0 Å². The Morgan fingerprint density at radius 2 is 2.64 bits per heavy atom. The SMILES string of the molecule is CCC1N[C@@H](C(=O)NO)CS1. The average Bonchev–Trinajstić information content (AvgIpc) is 2.50. The van der Waals surface area contributed by atoms with Gasteiger partial charge in [0.15, 0.2) is 0 Å². The Hall–Kier alpha value is -0.260. The second-order valence-corrected chi connectivity index (χ2v) is 3.66. The first-order chi connectivity index (χ1) is 5.27. The molecule has 0 saturated carbocycles. The zero-order valence-electron chi connectivity index (χ0n) is 6.33. The highest BCUT2D eigenvalue weighted by Crippen LogP contribution is 2.20. The molecule has 0 aromatic carbocycles. The third kappa shape index (κ3) is 2.08. The molecule has 3 N–H and O–H groups in total. The van der Waals surface area contributed by atoms with Gasteiger partial charge in [0.25, 0.3) is 5.91 Å². The van der Waals surface area contributed by atoms with Crippen molar-refractivity contribution in [1.29, 1.82) is 0 Å². The summed E-state index contributed by atoms with van der Waals surface area (Å²) in [5.74, 6) is 0.402. The van der Waals surface area contributed by atoms with Gasteiger partial charge in [-0.25, -0.2) is 5.48 Å². The van der Waals surface area contributed by atoms with Gasteiger partial charge in [0.05, 0.1) is 11.4 Å². The third-order valence-electron chi connectivity index (χ3n) is 1.65. The predicted octanol–water partition coefficient (Wildman–Crippen LogP) is -0.0671. The lowest BCUT2D eigenvalue weighted by Gasteiger charge is -2.08. The van der Waals surface area contributed by atoms with Crippen molar-refractivity contribution in [3.63, 3.8) is 0 Å². The van der Waals surface area contributed by atoms with E-state index in [2.05, 4.69) is 12.2 Å². The van der Waals surface area contributed by atoms with E-state index in [-0.39, 0.29) is 11.9 Å². The second-order valence-electron chi connectivity index (χ2n) is 2.43. The van der Waals surface area contributed by atoms with E-state index in [1.54, 1.807) is 17.2 Å². The molecule has 0 radical (unpaired) electrons. The van der Waals surface area contributed by atoms with Gasteiger partial charge < -0.3 is 0 Å². The Bertz CT molecular complexity index is 154. The fourth-order valence-corrected chi connectivity index (χ4v) is 2.17. The highest BCUT2D eigenvalue weighted by Gasteiger charge is 2.27. The number of hydrogen-bond donors (Lipinski definition) is 3. The van der Waals surface area contributed by atoms with Crippen LogP contribution in [0.15, 0.2) is 0 Å². The topological polar surface area (TPSA) is 61.4 Å². The number of carbonyl (C=O) groups is 1. The van der Waals surface area contributed by atoms with Crippen LogP contribution in [-0.4, -0.2) is 28.3 Å². The molecule has 0 aliphatic carbocycles. The molecule has 4 nitrogen and oxygen atoms in total. The molecule has 1 amide bonds. The maximum Gasteiger partial charge on any atom is 0.261 e. The second kappa shape index (κ2) is 3.94. The molecule has 1 aliphatic heterocycles. The van der Waals surface area contributed by atoms with Crippen LogP contribution in [0.1, 0.15) is 13.3 Å². The summed E-state index contributed by atoms with van der Waals surface area (Å²) in [6.07, 6.45) is 1.000. The average molecular weight is 176 g/mol. The molecule has 1 fully saturated rings. The van der Waals surface area contributed by atoms with Gasteiger partial charge >= 0.3 is 0 Å². The lowest BCUT2D eigenvalue weighted by atomic mass is 10.3.